The number of benzene rings is 2. The first-order valence-electron chi connectivity index (χ1n) is 10.5. The van der Waals surface area contributed by atoms with Gasteiger partial charge in [0.1, 0.15) is 16.9 Å². The molecule has 1 aliphatic heterocycles. The van der Waals surface area contributed by atoms with Gasteiger partial charge in [-0.25, -0.2) is 9.59 Å². The second-order valence-corrected chi connectivity index (χ2v) is 8.41. The highest BCUT2D eigenvalue weighted by Crippen LogP contribution is 2.33. The summed E-state index contributed by atoms with van der Waals surface area (Å²) in [6, 6.07) is 10.0. The number of urea groups is 1. The number of aryl methyl sites for hydroxylation is 2. The van der Waals surface area contributed by atoms with Gasteiger partial charge in [0.25, 0.3) is 5.91 Å². The highest BCUT2D eigenvalue weighted by atomic mass is 19.3. The Morgan fingerprint density at radius 1 is 1.09 bits per heavy atom. The third-order valence-electron chi connectivity index (χ3n) is 6.30. The molecule has 3 amide bonds. The number of nitrogens with zero attached hydrogens (tertiary/aromatic N) is 1. The number of hydrogen-bond acceptors (Lipinski definition) is 5. The first kappa shape index (κ1) is 21.1. The van der Waals surface area contributed by atoms with E-state index in [-0.39, 0.29) is 12.3 Å². The van der Waals surface area contributed by atoms with Gasteiger partial charge in [0.2, 0.25) is 0 Å². The van der Waals surface area contributed by atoms with Crippen molar-refractivity contribution in [3.8, 4) is 5.75 Å². The van der Waals surface area contributed by atoms with Crippen LogP contribution in [0.1, 0.15) is 35.6 Å². The number of ether oxygens (including phenoxy) is 1. The number of nitrogens with one attached hydrogen (secondary N) is 1. The van der Waals surface area contributed by atoms with E-state index in [1.807, 2.05) is 12.1 Å². The maximum Gasteiger partial charge on any atom is 0.387 e. The monoisotopic (exact) mass is 454 g/mol. The number of carbonyl (C=O) groups is 2. The smallest absolute Gasteiger partial charge is 0.387 e. The average Bonchev–Trinajstić information content (AvgIpc) is 3.30. The first-order valence-corrected chi connectivity index (χ1v) is 10.5. The summed E-state index contributed by atoms with van der Waals surface area (Å²) in [7, 11) is 0. The van der Waals surface area contributed by atoms with Gasteiger partial charge < -0.3 is 14.5 Å². The van der Waals surface area contributed by atoms with E-state index < -0.39 is 29.7 Å². The predicted octanol–water partition coefficient (Wildman–Crippen LogP) is 3.85. The van der Waals surface area contributed by atoms with Crippen molar-refractivity contribution in [3.05, 3.63) is 75.1 Å². The summed E-state index contributed by atoms with van der Waals surface area (Å²) in [6.07, 6.45) is 2.87. The van der Waals surface area contributed by atoms with Gasteiger partial charge >= 0.3 is 18.3 Å². The summed E-state index contributed by atoms with van der Waals surface area (Å²) in [5.41, 5.74) is 1.74. The molecule has 0 spiro atoms. The number of fused-ring (bicyclic) bond motifs is 2. The number of amides is 3. The van der Waals surface area contributed by atoms with Crippen molar-refractivity contribution in [3.63, 3.8) is 0 Å². The lowest BCUT2D eigenvalue weighted by atomic mass is 9.92. The fourth-order valence-corrected chi connectivity index (χ4v) is 4.60. The van der Waals surface area contributed by atoms with Gasteiger partial charge in [-0.1, -0.05) is 12.1 Å². The van der Waals surface area contributed by atoms with Crippen LogP contribution >= 0.6 is 0 Å². The van der Waals surface area contributed by atoms with Gasteiger partial charge in [-0.3, -0.25) is 9.69 Å². The molecule has 0 radical (unpaired) electrons. The Kier molecular flexibility index (Phi) is 4.92. The summed E-state index contributed by atoms with van der Waals surface area (Å²) in [6.45, 7) is -1.52. The lowest BCUT2D eigenvalue weighted by Crippen LogP contribution is -2.40. The van der Waals surface area contributed by atoms with Gasteiger partial charge in [-0.05, 0) is 72.7 Å². The predicted molar refractivity (Wildman–Crippen MR) is 114 cm³/mol. The minimum atomic E-state index is -2.96. The van der Waals surface area contributed by atoms with Gasteiger partial charge in [0.15, 0.2) is 0 Å². The summed E-state index contributed by atoms with van der Waals surface area (Å²) < 4.78 is 34.5. The molecular formula is C24H20F2N2O5. The molecule has 1 atom stereocenters. The van der Waals surface area contributed by atoms with Gasteiger partial charge in [0.05, 0.1) is 6.54 Å². The minimum absolute atomic E-state index is 0.0546. The zero-order valence-corrected chi connectivity index (χ0v) is 17.7. The van der Waals surface area contributed by atoms with Crippen LogP contribution in [0.25, 0.3) is 11.0 Å². The molecule has 1 fully saturated rings. The molecule has 9 heteroatoms. The van der Waals surface area contributed by atoms with E-state index in [9.17, 15) is 23.2 Å². The van der Waals surface area contributed by atoms with Gasteiger partial charge in [-0.2, -0.15) is 8.78 Å². The quantitative estimate of drug-likeness (QED) is 0.467. The fraction of sp³-hybridized carbons (Fsp3) is 0.292. The second-order valence-electron chi connectivity index (χ2n) is 8.41. The number of alkyl halides is 2. The van der Waals surface area contributed by atoms with Crippen LogP contribution in [0.15, 0.2) is 51.7 Å². The molecule has 3 aromatic rings. The Balaban J connectivity index is 1.47. The molecule has 2 heterocycles. The molecule has 33 heavy (non-hydrogen) atoms. The standard InChI is InChI=1S/C24H20F2N2O5/c1-24(16-5-7-17(8-6-16)32-22(25)26)21(30)28(23(31)27-24)12-15-11-20(29)33-19-10-14-4-2-3-13(14)9-18(15)19/h5-11,22H,2-4,12H2,1H3,(H,27,31). The van der Waals surface area contributed by atoms with E-state index in [0.717, 1.165) is 29.7 Å². The number of halogens is 2. The molecule has 0 bridgehead atoms. The minimum Gasteiger partial charge on any atom is -0.435 e. The van der Waals surface area contributed by atoms with E-state index in [4.69, 9.17) is 4.42 Å². The highest BCUT2D eigenvalue weighted by Gasteiger charge is 2.49. The van der Waals surface area contributed by atoms with Crippen molar-refractivity contribution in [1.82, 2.24) is 10.2 Å². The van der Waals surface area contributed by atoms with Crippen LogP contribution < -0.4 is 15.7 Å². The van der Waals surface area contributed by atoms with Crippen LogP contribution in [-0.2, 0) is 29.7 Å². The van der Waals surface area contributed by atoms with Crippen molar-refractivity contribution in [1.29, 1.82) is 0 Å². The third kappa shape index (κ3) is 3.63. The Morgan fingerprint density at radius 3 is 2.48 bits per heavy atom. The fourth-order valence-electron chi connectivity index (χ4n) is 4.60. The molecule has 1 N–H and O–H groups in total. The van der Waals surface area contributed by atoms with Crippen molar-refractivity contribution < 1.29 is 27.5 Å². The molecule has 0 saturated carbocycles. The summed E-state index contributed by atoms with van der Waals surface area (Å²) in [5, 5.41) is 3.37. The molecule has 1 unspecified atom stereocenters. The lowest BCUT2D eigenvalue weighted by molar-refractivity contribution is -0.131. The molecule has 1 saturated heterocycles. The van der Waals surface area contributed by atoms with Crippen LogP contribution in [0.5, 0.6) is 5.75 Å². The molecule has 1 aromatic heterocycles. The molecule has 170 valence electrons. The molecule has 1 aliphatic carbocycles. The van der Waals surface area contributed by atoms with Crippen LogP contribution in [0, 0.1) is 0 Å². The van der Waals surface area contributed by atoms with Crippen LogP contribution in [0.3, 0.4) is 0 Å². The topological polar surface area (TPSA) is 88.8 Å². The van der Waals surface area contributed by atoms with Crippen LogP contribution in [0.2, 0.25) is 0 Å². The Bertz CT molecular complexity index is 1340. The van der Waals surface area contributed by atoms with Gasteiger partial charge in [-0.15, -0.1) is 0 Å². The summed E-state index contributed by atoms with van der Waals surface area (Å²) in [4.78, 5) is 39.3. The van der Waals surface area contributed by atoms with Crippen LogP contribution in [-0.4, -0.2) is 23.4 Å². The third-order valence-corrected chi connectivity index (χ3v) is 6.30. The van der Waals surface area contributed by atoms with E-state index in [1.54, 1.807) is 6.92 Å². The van der Waals surface area contributed by atoms with E-state index >= 15 is 0 Å². The normalized spacial score (nSPS) is 19.9. The Hall–Kier alpha value is -3.75. The zero-order valence-electron chi connectivity index (χ0n) is 17.7. The molecule has 2 aromatic carbocycles. The number of imide groups is 1. The van der Waals surface area contributed by atoms with E-state index in [0.29, 0.717) is 22.1 Å². The first-order chi connectivity index (χ1) is 15.7. The van der Waals surface area contributed by atoms with Crippen LogP contribution in [0.4, 0.5) is 13.6 Å². The van der Waals surface area contributed by atoms with Crippen molar-refractivity contribution >= 4 is 22.9 Å². The summed E-state index contributed by atoms with van der Waals surface area (Å²) >= 11 is 0. The van der Waals surface area contributed by atoms with Crippen molar-refractivity contribution in [2.75, 3.05) is 0 Å². The average molecular weight is 454 g/mol. The number of hydrogen-bond donors (Lipinski definition) is 1. The van der Waals surface area contributed by atoms with E-state index in [2.05, 4.69) is 10.1 Å². The highest BCUT2D eigenvalue weighted by molar-refractivity contribution is 6.07. The molecule has 5 rings (SSSR count). The molecule has 2 aliphatic rings. The number of carbonyl (C=O) groups excluding carboxylic acids is 2. The largest absolute Gasteiger partial charge is 0.435 e. The molecular weight excluding hydrogens is 434 g/mol. The Morgan fingerprint density at radius 2 is 1.79 bits per heavy atom. The number of rotatable bonds is 5. The summed E-state index contributed by atoms with van der Waals surface area (Å²) in [5.74, 6) is -0.571. The van der Waals surface area contributed by atoms with Crippen molar-refractivity contribution in [2.24, 2.45) is 0 Å². The zero-order chi connectivity index (χ0) is 23.3. The lowest BCUT2D eigenvalue weighted by Gasteiger charge is -2.22. The molecule has 7 nitrogen and oxygen atoms in total. The second kappa shape index (κ2) is 7.68. The van der Waals surface area contributed by atoms with Gasteiger partial charge in [0, 0.05) is 11.5 Å². The maximum atomic E-state index is 13.3. The Labute approximate surface area is 186 Å². The SMILES string of the molecule is CC1(c2ccc(OC(F)F)cc2)NC(=O)N(Cc2cc(=O)oc3cc4c(cc23)CCC4)C1=O. The van der Waals surface area contributed by atoms with Crippen molar-refractivity contribution in [2.45, 2.75) is 44.9 Å². The van der Waals surface area contributed by atoms with E-state index in [1.165, 1.54) is 35.9 Å². The maximum absolute atomic E-state index is 13.3.